The Hall–Kier alpha value is -3.60. The zero-order chi connectivity index (χ0) is 25.1. The Bertz CT molecular complexity index is 1130. The van der Waals surface area contributed by atoms with Crippen molar-refractivity contribution >= 4 is 29.2 Å². The molecule has 0 saturated carbocycles. The van der Waals surface area contributed by atoms with Crippen molar-refractivity contribution in [1.82, 2.24) is 0 Å². The van der Waals surface area contributed by atoms with E-state index in [0.29, 0.717) is 12.1 Å². The van der Waals surface area contributed by atoms with E-state index < -0.39 is 50.8 Å². The third-order valence-corrected chi connectivity index (χ3v) is 4.63. The number of carbonyl (C=O) groups excluding carboxylic acids is 1. The molecule has 0 amide bonds. The van der Waals surface area contributed by atoms with Crippen LogP contribution in [0.5, 0.6) is 11.5 Å². The van der Waals surface area contributed by atoms with Gasteiger partial charge in [0.05, 0.1) is 27.7 Å². The maximum Gasteiger partial charge on any atom is 0.416 e. The van der Waals surface area contributed by atoms with Gasteiger partial charge in [-0.25, -0.2) is 4.79 Å². The number of halogens is 4. The normalized spacial score (nSPS) is 12.1. The molecule has 0 radical (unpaired) electrons. The van der Waals surface area contributed by atoms with Crippen molar-refractivity contribution in [3.63, 3.8) is 0 Å². The predicted molar refractivity (Wildman–Crippen MR) is 111 cm³/mol. The standard InChI is InChI=1S/C21H17ClF3NO7/c1-4-32-20(29)17(10(2)3)13-8-12(9-14(19(27)28)18(13)26(30)31)33-16-6-5-11(7-15(16)22)21(23,24)25/h5-9,17H,2,4H2,1,3H3,(H,27,28). The van der Waals surface area contributed by atoms with E-state index >= 15 is 0 Å². The van der Waals surface area contributed by atoms with Crippen LogP contribution in [0.1, 0.15) is 41.3 Å². The molecule has 12 heteroatoms. The molecule has 176 valence electrons. The first-order chi connectivity index (χ1) is 15.3. The van der Waals surface area contributed by atoms with Crippen molar-refractivity contribution in [2.75, 3.05) is 6.61 Å². The molecule has 0 aliphatic heterocycles. The number of benzene rings is 2. The van der Waals surface area contributed by atoms with Gasteiger partial charge in [0, 0.05) is 6.07 Å². The molecule has 8 nitrogen and oxygen atoms in total. The van der Waals surface area contributed by atoms with Crippen LogP contribution in [0, 0.1) is 10.1 Å². The van der Waals surface area contributed by atoms with Crippen molar-refractivity contribution in [2.45, 2.75) is 25.9 Å². The molecule has 0 bridgehead atoms. The average molecular weight is 488 g/mol. The van der Waals surface area contributed by atoms with E-state index in [1.54, 1.807) is 0 Å². The van der Waals surface area contributed by atoms with Gasteiger partial charge in [-0.05, 0) is 38.1 Å². The number of carboxylic acids is 1. The van der Waals surface area contributed by atoms with Gasteiger partial charge in [-0.1, -0.05) is 23.8 Å². The first kappa shape index (κ1) is 25.7. The summed E-state index contributed by atoms with van der Waals surface area (Å²) in [5.41, 5.74) is -2.98. The summed E-state index contributed by atoms with van der Waals surface area (Å²) in [5, 5.41) is 20.8. The zero-order valence-electron chi connectivity index (χ0n) is 17.2. The number of carbonyl (C=O) groups is 2. The van der Waals surface area contributed by atoms with Crippen molar-refractivity contribution in [3.8, 4) is 11.5 Å². The lowest BCUT2D eigenvalue weighted by Crippen LogP contribution is -2.19. The molecule has 1 N–H and O–H groups in total. The van der Waals surface area contributed by atoms with Gasteiger partial charge in [-0.2, -0.15) is 13.2 Å². The second-order valence-corrected chi connectivity index (χ2v) is 7.15. The Labute approximate surface area is 190 Å². The van der Waals surface area contributed by atoms with Crippen LogP contribution in [0.25, 0.3) is 0 Å². The number of hydrogen-bond donors (Lipinski definition) is 1. The van der Waals surface area contributed by atoms with Gasteiger partial charge in [0.25, 0.3) is 5.69 Å². The molecular weight excluding hydrogens is 471 g/mol. The SMILES string of the molecule is C=C(C)C(C(=O)OCC)c1cc(Oc2ccc(C(F)(F)F)cc2Cl)cc(C(=O)O)c1[N+](=O)[O-]. The molecule has 0 heterocycles. The summed E-state index contributed by atoms with van der Waals surface area (Å²) < 4.78 is 49.0. The highest BCUT2D eigenvalue weighted by Gasteiger charge is 2.35. The van der Waals surface area contributed by atoms with E-state index in [2.05, 4.69) is 6.58 Å². The predicted octanol–water partition coefficient (Wildman–Crippen LogP) is 5.98. The van der Waals surface area contributed by atoms with Crippen LogP contribution >= 0.6 is 11.6 Å². The van der Waals surface area contributed by atoms with Crippen LogP contribution in [0.2, 0.25) is 5.02 Å². The number of alkyl halides is 3. The van der Waals surface area contributed by atoms with Crippen LogP contribution in [0.3, 0.4) is 0 Å². The van der Waals surface area contributed by atoms with E-state index in [0.717, 1.165) is 18.2 Å². The highest BCUT2D eigenvalue weighted by Crippen LogP contribution is 2.41. The molecule has 2 aromatic rings. The monoisotopic (exact) mass is 487 g/mol. The molecular formula is C21H17ClF3NO7. The Balaban J connectivity index is 2.71. The fourth-order valence-electron chi connectivity index (χ4n) is 2.98. The fraction of sp³-hybridized carbons (Fsp3) is 0.238. The van der Waals surface area contributed by atoms with E-state index in [4.69, 9.17) is 21.1 Å². The van der Waals surface area contributed by atoms with Gasteiger partial charge in [0.1, 0.15) is 23.0 Å². The van der Waals surface area contributed by atoms with Crippen LogP contribution in [-0.2, 0) is 15.7 Å². The molecule has 2 rings (SSSR count). The maximum absolute atomic E-state index is 12.9. The second-order valence-electron chi connectivity index (χ2n) is 6.75. The number of aromatic carboxylic acids is 1. The lowest BCUT2D eigenvalue weighted by molar-refractivity contribution is -0.386. The van der Waals surface area contributed by atoms with Crippen LogP contribution in [-0.4, -0.2) is 28.6 Å². The van der Waals surface area contributed by atoms with E-state index in [9.17, 15) is 38.0 Å². The molecule has 1 atom stereocenters. The second kappa shape index (κ2) is 9.90. The molecule has 33 heavy (non-hydrogen) atoms. The minimum absolute atomic E-state index is 0.0560. The summed E-state index contributed by atoms with van der Waals surface area (Å²) in [6.07, 6.45) is -4.66. The van der Waals surface area contributed by atoms with Crippen LogP contribution in [0.15, 0.2) is 42.5 Å². The van der Waals surface area contributed by atoms with Gasteiger partial charge in [0.15, 0.2) is 0 Å². The minimum Gasteiger partial charge on any atom is -0.477 e. The third kappa shape index (κ3) is 5.80. The molecule has 0 aliphatic carbocycles. The van der Waals surface area contributed by atoms with Gasteiger partial charge < -0.3 is 14.6 Å². The summed E-state index contributed by atoms with van der Waals surface area (Å²) in [7, 11) is 0. The largest absolute Gasteiger partial charge is 0.477 e. The highest BCUT2D eigenvalue weighted by molar-refractivity contribution is 6.32. The number of hydrogen-bond acceptors (Lipinski definition) is 6. The number of esters is 1. The van der Waals surface area contributed by atoms with Gasteiger partial charge >= 0.3 is 18.1 Å². The quantitative estimate of drug-likeness (QED) is 0.211. The number of nitro groups is 1. The Morgan fingerprint density at radius 3 is 2.36 bits per heavy atom. The Kier molecular flexibility index (Phi) is 7.70. The van der Waals surface area contributed by atoms with Crippen LogP contribution in [0.4, 0.5) is 18.9 Å². The maximum atomic E-state index is 12.9. The third-order valence-electron chi connectivity index (χ3n) is 4.34. The summed E-state index contributed by atoms with van der Waals surface area (Å²) in [4.78, 5) is 35.0. The van der Waals surface area contributed by atoms with E-state index in [-0.39, 0.29) is 29.2 Å². The van der Waals surface area contributed by atoms with Crippen LogP contribution < -0.4 is 4.74 Å². The fourth-order valence-corrected chi connectivity index (χ4v) is 3.20. The van der Waals surface area contributed by atoms with E-state index in [1.165, 1.54) is 13.8 Å². The van der Waals surface area contributed by atoms with Crippen molar-refractivity contribution in [1.29, 1.82) is 0 Å². The molecule has 0 aliphatic rings. The molecule has 2 aromatic carbocycles. The summed E-state index contributed by atoms with van der Waals surface area (Å²) in [6, 6.07) is 4.04. The first-order valence-corrected chi connectivity index (χ1v) is 9.57. The average Bonchev–Trinajstić information content (AvgIpc) is 2.68. The molecule has 0 saturated heterocycles. The summed E-state index contributed by atoms with van der Waals surface area (Å²) >= 11 is 5.88. The number of rotatable bonds is 8. The lowest BCUT2D eigenvalue weighted by atomic mass is 9.89. The lowest BCUT2D eigenvalue weighted by Gasteiger charge is -2.18. The Morgan fingerprint density at radius 2 is 1.91 bits per heavy atom. The van der Waals surface area contributed by atoms with E-state index in [1.807, 2.05) is 0 Å². The molecule has 0 fully saturated rings. The highest BCUT2D eigenvalue weighted by atomic mass is 35.5. The smallest absolute Gasteiger partial charge is 0.416 e. The molecule has 0 spiro atoms. The van der Waals surface area contributed by atoms with Crippen molar-refractivity contribution < 1.29 is 42.3 Å². The first-order valence-electron chi connectivity index (χ1n) is 9.20. The summed E-state index contributed by atoms with van der Waals surface area (Å²) in [6.45, 7) is 6.48. The number of nitrogens with zero attached hydrogens (tertiary/aromatic N) is 1. The molecule has 1 unspecified atom stereocenters. The minimum atomic E-state index is -4.66. The van der Waals surface area contributed by atoms with Gasteiger partial charge in [0.2, 0.25) is 0 Å². The van der Waals surface area contributed by atoms with Gasteiger partial charge in [-0.3, -0.25) is 14.9 Å². The number of carboxylic acid groups (broad SMARTS) is 1. The zero-order valence-corrected chi connectivity index (χ0v) is 18.0. The molecule has 0 aromatic heterocycles. The number of ether oxygens (including phenoxy) is 2. The van der Waals surface area contributed by atoms with Crippen molar-refractivity contribution in [2.24, 2.45) is 0 Å². The van der Waals surface area contributed by atoms with Gasteiger partial charge in [-0.15, -0.1) is 0 Å². The Morgan fingerprint density at radius 1 is 1.27 bits per heavy atom. The summed E-state index contributed by atoms with van der Waals surface area (Å²) in [5.74, 6) is -4.60. The number of nitro benzene ring substituents is 1. The topological polar surface area (TPSA) is 116 Å². The van der Waals surface area contributed by atoms with Crippen molar-refractivity contribution in [3.05, 3.63) is 74.3 Å².